The molecule has 6 heteroatoms. The van der Waals surface area contributed by atoms with Crippen LogP contribution in [0.4, 0.5) is 5.69 Å². The van der Waals surface area contributed by atoms with E-state index in [1.54, 1.807) is 31.2 Å². The van der Waals surface area contributed by atoms with E-state index in [0.717, 1.165) is 0 Å². The smallest absolute Gasteiger partial charge is 0.325 e. The molecular weight excluding hydrogens is 260 g/mol. The van der Waals surface area contributed by atoms with Gasteiger partial charge < -0.3 is 15.0 Å². The number of carbonyl (C=O) groups is 3. The van der Waals surface area contributed by atoms with Crippen LogP contribution in [0.2, 0.25) is 0 Å². The molecule has 1 N–H and O–H groups in total. The Balaban J connectivity index is 2.89. The highest BCUT2D eigenvalue weighted by atomic mass is 16.5. The predicted octanol–water partition coefficient (Wildman–Crippen LogP) is 1.28. The molecule has 0 atom stereocenters. The lowest BCUT2D eigenvalue weighted by Gasteiger charge is -2.19. The number of anilines is 1. The summed E-state index contributed by atoms with van der Waals surface area (Å²) in [7, 11) is 1.28. The predicted molar refractivity (Wildman–Crippen MR) is 74.3 cm³/mol. The van der Waals surface area contributed by atoms with Gasteiger partial charge in [-0.15, -0.1) is 0 Å². The number of carbonyl (C=O) groups excluding carboxylic acids is 3. The van der Waals surface area contributed by atoms with E-state index in [4.69, 9.17) is 0 Å². The van der Waals surface area contributed by atoms with Gasteiger partial charge >= 0.3 is 5.97 Å². The second-order valence-corrected chi connectivity index (χ2v) is 4.16. The van der Waals surface area contributed by atoms with Crippen LogP contribution in [-0.4, -0.2) is 42.9 Å². The van der Waals surface area contributed by atoms with Gasteiger partial charge in [-0.1, -0.05) is 6.07 Å². The molecule has 0 unspecified atom stereocenters. The van der Waals surface area contributed by atoms with Crippen LogP contribution >= 0.6 is 0 Å². The van der Waals surface area contributed by atoms with Crippen molar-refractivity contribution in [3.63, 3.8) is 0 Å². The van der Waals surface area contributed by atoms with E-state index < -0.39 is 5.97 Å². The van der Waals surface area contributed by atoms with E-state index in [0.29, 0.717) is 17.8 Å². The van der Waals surface area contributed by atoms with Crippen molar-refractivity contribution >= 4 is 23.5 Å². The minimum Gasteiger partial charge on any atom is -0.468 e. The summed E-state index contributed by atoms with van der Waals surface area (Å²) in [6.07, 6.45) is 0. The van der Waals surface area contributed by atoms with Crippen molar-refractivity contribution in [3.8, 4) is 0 Å². The maximum Gasteiger partial charge on any atom is 0.325 e. The molecule has 0 radical (unpaired) electrons. The number of esters is 1. The topological polar surface area (TPSA) is 75.7 Å². The van der Waals surface area contributed by atoms with E-state index in [2.05, 4.69) is 10.1 Å². The van der Waals surface area contributed by atoms with Crippen molar-refractivity contribution in [1.29, 1.82) is 0 Å². The van der Waals surface area contributed by atoms with Gasteiger partial charge in [-0.25, -0.2) is 0 Å². The lowest BCUT2D eigenvalue weighted by molar-refractivity contribution is -0.141. The molecule has 108 valence electrons. The van der Waals surface area contributed by atoms with Crippen LogP contribution in [0.25, 0.3) is 0 Å². The van der Waals surface area contributed by atoms with E-state index >= 15 is 0 Å². The van der Waals surface area contributed by atoms with E-state index in [1.807, 2.05) is 0 Å². The molecule has 1 rings (SSSR count). The number of benzene rings is 1. The van der Waals surface area contributed by atoms with Gasteiger partial charge in [0.05, 0.1) is 7.11 Å². The van der Waals surface area contributed by atoms with Gasteiger partial charge in [0.1, 0.15) is 6.54 Å². The van der Waals surface area contributed by atoms with Crippen molar-refractivity contribution in [2.75, 3.05) is 25.5 Å². The van der Waals surface area contributed by atoms with Gasteiger partial charge in [-0.2, -0.15) is 0 Å². The molecule has 1 aromatic rings. The van der Waals surface area contributed by atoms with Crippen LogP contribution < -0.4 is 5.32 Å². The first-order valence-electron chi connectivity index (χ1n) is 6.21. The molecule has 0 spiro atoms. The number of hydrogen-bond acceptors (Lipinski definition) is 4. The van der Waals surface area contributed by atoms with Crippen LogP contribution in [0.5, 0.6) is 0 Å². The number of amides is 2. The minimum atomic E-state index is -0.474. The van der Waals surface area contributed by atoms with E-state index in [9.17, 15) is 14.4 Å². The quantitative estimate of drug-likeness (QED) is 0.823. The lowest BCUT2D eigenvalue weighted by Crippen LogP contribution is -2.36. The Morgan fingerprint density at radius 1 is 1.30 bits per heavy atom. The number of methoxy groups -OCH3 is 1. The number of likely N-dealkylation sites (N-methyl/N-ethyl adjacent to an activating group) is 1. The molecule has 0 saturated carbocycles. The molecule has 0 fully saturated rings. The summed E-state index contributed by atoms with van der Waals surface area (Å²) in [5.41, 5.74) is 0.944. The molecule has 2 amide bonds. The van der Waals surface area contributed by atoms with Gasteiger partial charge in [-0.05, 0) is 25.1 Å². The number of nitrogens with one attached hydrogen (secondary N) is 1. The Hall–Kier alpha value is -2.37. The molecule has 0 bridgehead atoms. The molecule has 0 aliphatic carbocycles. The number of hydrogen-bond donors (Lipinski definition) is 1. The fourth-order valence-corrected chi connectivity index (χ4v) is 1.66. The molecule has 0 saturated heterocycles. The van der Waals surface area contributed by atoms with Gasteiger partial charge in [0, 0.05) is 24.7 Å². The van der Waals surface area contributed by atoms with Crippen molar-refractivity contribution in [2.24, 2.45) is 0 Å². The van der Waals surface area contributed by atoms with Crippen molar-refractivity contribution in [2.45, 2.75) is 13.8 Å². The third-order valence-electron chi connectivity index (χ3n) is 2.65. The molecule has 0 aliphatic heterocycles. The zero-order chi connectivity index (χ0) is 15.1. The first-order valence-corrected chi connectivity index (χ1v) is 6.21. The van der Waals surface area contributed by atoms with E-state index in [1.165, 1.54) is 18.9 Å². The molecule has 0 aliphatic rings. The van der Waals surface area contributed by atoms with Crippen molar-refractivity contribution in [1.82, 2.24) is 4.90 Å². The average Bonchev–Trinajstić information content (AvgIpc) is 2.43. The maximum atomic E-state index is 12.3. The summed E-state index contributed by atoms with van der Waals surface area (Å²) in [5, 5.41) is 2.61. The second-order valence-electron chi connectivity index (χ2n) is 4.16. The highest BCUT2D eigenvalue weighted by molar-refractivity contribution is 5.98. The van der Waals surface area contributed by atoms with Gasteiger partial charge in [-0.3, -0.25) is 14.4 Å². The summed E-state index contributed by atoms with van der Waals surface area (Å²) >= 11 is 0. The zero-order valence-electron chi connectivity index (χ0n) is 11.8. The Labute approximate surface area is 117 Å². The summed E-state index contributed by atoms with van der Waals surface area (Å²) in [5.74, 6) is -0.972. The summed E-state index contributed by atoms with van der Waals surface area (Å²) in [4.78, 5) is 35.9. The Morgan fingerprint density at radius 3 is 2.55 bits per heavy atom. The first kappa shape index (κ1) is 15.7. The molecule has 1 aromatic carbocycles. The molecule has 0 heterocycles. The normalized spacial score (nSPS) is 9.75. The minimum absolute atomic E-state index is 0.101. The molecule has 6 nitrogen and oxygen atoms in total. The third kappa shape index (κ3) is 4.38. The van der Waals surface area contributed by atoms with Gasteiger partial charge in [0.15, 0.2) is 0 Å². The second kappa shape index (κ2) is 7.28. The highest BCUT2D eigenvalue weighted by Gasteiger charge is 2.17. The lowest BCUT2D eigenvalue weighted by atomic mass is 10.1. The van der Waals surface area contributed by atoms with Crippen LogP contribution in [0.3, 0.4) is 0 Å². The molecule has 20 heavy (non-hydrogen) atoms. The summed E-state index contributed by atoms with van der Waals surface area (Å²) in [6.45, 7) is 3.46. The number of ether oxygens (including phenoxy) is 1. The standard InChI is InChI=1S/C14H18N2O4/c1-4-16(9-13(18)20-3)14(19)11-6-5-7-12(8-11)15-10(2)17/h5-8H,4,9H2,1-3H3,(H,15,17). The SMILES string of the molecule is CCN(CC(=O)OC)C(=O)c1cccc(NC(C)=O)c1. The largest absolute Gasteiger partial charge is 0.468 e. The monoisotopic (exact) mass is 278 g/mol. The van der Waals surface area contributed by atoms with Gasteiger partial charge in [0.2, 0.25) is 5.91 Å². The van der Waals surface area contributed by atoms with Crippen molar-refractivity contribution < 1.29 is 19.1 Å². The maximum absolute atomic E-state index is 12.3. The van der Waals surface area contributed by atoms with Crippen molar-refractivity contribution in [3.05, 3.63) is 29.8 Å². The van der Waals surface area contributed by atoms with Crippen LogP contribution in [-0.2, 0) is 14.3 Å². The van der Waals surface area contributed by atoms with E-state index in [-0.39, 0.29) is 18.4 Å². The molecule has 0 aromatic heterocycles. The Bertz CT molecular complexity index is 514. The van der Waals surface area contributed by atoms with Crippen LogP contribution in [0.15, 0.2) is 24.3 Å². The Kier molecular flexibility index (Phi) is 5.71. The van der Waals surface area contributed by atoms with Crippen LogP contribution in [0.1, 0.15) is 24.2 Å². The van der Waals surface area contributed by atoms with Crippen LogP contribution in [0, 0.1) is 0 Å². The third-order valence-corrected chi connectivity index (χ3v) is 2.65. The molecular formula is C14H18N2O4. The average molecular weight is 278 g/mol. The Morgan fingerprint density at radius 2 is 2.00 bits per heavy atom. The van der Waals surface area contributed by atoms with Gasteiger partial charge in [0.25, 0.3) is 5.91 Å². The zero-order valence-corrected chi connectivity index (χ0v) is 11.8. The fourth-order valence-electron chi connectivity index (χ4n) is 1.66. The number of nitrogens with zero attached hydrogens (tertiary/aromatic N) is 1. The summed E-state index contributed by atoms with van der Waals surface area (Å²) < 4.78 is 4.56. The summed E-state index contributed by atoms with van der Waals surface area (Å²) in [6, 6.07) is 6.57. The fraction of sp³-hybridized carbons (Fsp3) is 0.357. The first-order chi connectivity index (χ1) is 9.47. The highest BCUT2D eigenvalue weighted by Crippen LogP contribution is 2.13. The number of rotatable bonds is 5.